The highest BCUT2D eigenvalue weighted by Crippen LogP contribution is 2.11. The highest BCUT2D eigenvalue weighted by molar-refractivity contribution is 5.23. The second-order valence-corrected chi connectivity index (χ2v) is 2.26. The third-order valence-electron chi connectivity index (χ3n) is 1.49. The quantitative estimate of drug-likeness (QED) is 0.599. The highest BCUT2D eigenvalue weighted by Gasteiger charge is 1.99. The van der Waals surface area contributed by atoms with Crippen molar-refractivity contribution in [1.82, 2.24) is 0 Å². The molecule has 0 fully saturated rings. The van der Waals surface area contributed by atoms with Gasteiger partial charge < -0.3 is 0 Å². The fraction of sp³-hybridized carbons (Fsp3) is 0.300. The van der Waals surface area contributed by atoms with Crippen LogP contribution in [0.3, 0.4) is 0 Å². The van der Waals surface area contributed by atoms with Crippen molar-refractivity contribution >= 4 is 0 Å². The van der Waals surface area contributed by atoms with Gasteiger partial charge in [0.15, 0.2) is 0 Å². The van der Waals surface area contributed by atoms with Gasteiger partial charge in [-0.3, -0.25) is 0 Å². The van der Waals surface area contributed by atoms with Crippen molar-refractivity contribution in [2.45, 2.75) is 20.3 Å². The average Bonchev–Trinajstić information content (AvgIpc) is 2.05. The zero-order valence-corrected chi connectivity index (χ0v) is 5.91. The second kappa shape index (κ2) is 4.51. The van der Waals surface area contributed by atoms with Gasteiger partial charge in [-0.25, -0.2) is 0 Å². The first-order chi connectivity index (χ1) is 4.84. The van der Waals surface area contributed by atoms with Gasteiger partial charge in [0.25, 0.3) is 0 Å². The molecule has 1 rings (SSSR count). The van der Waals surface area contributed by atoms with Crippen LogP contribution in [0, 0.1) is 11.3 Å². The molecule has 0 saturated heterocycles. The molecule has 1 aromatic rings. The number of hydrogen-bond acceptors (Lipinski definition) is 1. The molecule has 0 aliphatic carbocycles. The molecular weight excluding hydrogens is 134 g/mol. The smallest absolute Gasteiger partial charge is 0.0700 e. The number of rotatable bonds is 1. The molecule has 0 bridgehead atoms. The van der Waals surface area contributed by atoms with Gasteiger partial charge in [0.2, 0.25) is 0 Å². The summed E-state index contributed by atoms with van der Waals surface area (Å²) >= 11 is 0. The van der Waals surface area contributed by atoms with E-state index in [4.69, 9.17) is 5.26 Å². The largest absolute Gasteiger partial charge is 0.198 e. The Labute approximate surface area is 68.3 Å². The summed E-state index contributed by atoms with van der Waals surface area (Å²) in [5.41, 5.74) is 1.09. The minimum atomic E-state index is 0. The van der Waals surface area contributed by atoms with Crippen LogP contribution >= 0.6 is 0 Å². The summed E-state index contributed by atoms with van der Waals surface area (Å²) in [6, 6.07) is 12.0. The molecule has 0 spiro atoms. The third kappa shape index (κ3) is 2.43. The van der Waals surface area contributed by atoms with Gasteiger partial charge in [0, 0.05) is 0 Å². The molecular formula is C10H13N. The van der Waals surface area contributed by atoms with Gasteiger partial charge in [0.1, 0.15) is 0 Å². The molecule has 1 heteroatoms. The van der Waals surface area contributed by atoms with E-state index in [0.29, 0.717) is 0 Å². The normalized spacial score (nSPS) is 10.9. The molecule has 0 saturated carbocycles. The lowest BCUT2D eigenvalue weighted by Gasteiger charge is -1.99. The van der Waals surface area contributed by atoms with Crippen LogP contribution in [0.1, 0.15) is 25.8 Å². The molecule has 11 heavy (non-hydrogen) atoms. The van der Waals surface area contributed by atoms with Crippen molar-refractivity contribution in [3.8, 4) is 6.07 Å². The zero-order valence-electron chi connectivity index (χ0n) is 5.91. The van der Waals surface area contributed by atoms with E-state index < -0.39 is 0 Å². The first kappa shape index (κ1) is 9.71. The first-order valence-electron chi connectivity index (χ1n) is 3.29. The lowest BCUT2D eigenvalue weighted by molar-refractivity contribution is 0.982. The molecule has 1 nitrogen and oxygen atoms in total. The van der Waals surface area contributed by atoms with E-state index in [1.165, 1.54) is 0 Å². The Morgan fingerprint density at radius 2 is 1.82 bits per heavy atom. The van der Waals surface area contributed by atoms with E-state index in [2.05, 4.69) is 6.07 Å². The molecule has 1 unspecified atom stereocenters. The number of benzene rings is 1. The molecule has 0 heterocycles. The minimum Gasteiger partial charge on any atom is -0.198 e. The fourth-order valence-electron chi connectivity index (χ4n) is 0.816. The van der Waals surface area contributed by atoms with E-state index in [9.17, 15) is 0 Å². The lowest BCUT2D eigenvalue weighted by Crippen LogP contribution is -1.86. The van der Waals surface area contributed by atoms with Crippen LogP contribution in [0.25, 0.3) is 0 Å². The molecule has 0 radical (unpaired) electrons. The van der Waals surface area contributed by atoms with Crippen molar-refractivity contribution in [2.75, 3.05) is 0 Å². The summed E-state index contributed by atoms with van der Waals surface area (Å²) < 4.78 is 0. The Morgan fingerprint density at radius 3 is 2.27 bits per heavy atom. The Kier molecular flexibility index (Phi) is 3.98. The monoisotopic (exact) mass is 147 g/mol. The van der Waals surface area contributed by atoms with Gasteiger partial charge in [-0.05, 0) is 12.5 Å². The molecule has 0 aromatic heterocycles. The fourth-order valence-corrected chi connectivity index (χ4v) is 0.816. The van der Waals surface area contributed by atoms with Crippen LogP contribution in [-0.2, 0) is 0 Å². The van der Waals surface area contributed by atoms with Gasteiger partial charge >= 0.3 is 0 Å². The Morgan fingerprint density at radius 1 is 1.27 bits per heavy atom. The highest BCUT2D eigenvalue weighted by atomic mass is 14.3. The van der Waals surface area contributed by atoms with Crippen molar-refractivity contribution in [2.24, 2.45) is 0 Å². The summed E-state index contributed by atoms with van der Waals surface area (Å²) in [5, 5.41) is 8.54. The minimum absolute atomic E-state index is 0. The van der Waals surface area contributed by atoms with Crippen molar-refractivity contribution in [3.63, 3.8) is 0 Å². The Balaban J connectivity index is 0.000001000. The van der Waals surface area contributed by atoms with Crippen LogP contribution < -0.4 is 0 Å². The van der Waals surface area contributed by atoms with Gasteiger partial charge in [-0.15, -0.1) is 0 Å². The predicted octanol–water partition coefficient (Wildman–Crippen LogP) is 2.95. The maximum atomic E-state index is 8.54. The topological polar surface area (TPSA) is 23.8 Å². The molecule has 1 atom stereocenters. The van der Waals surface area contributed by atoms with Crippen LogP contribution in [-0.4, -0.2) is 0 Å². The summed E-state index contributed by atoms with van der Waals surface area (Å²) in [6.07, 6.45) is 0. The number of hydrogen-bond donors (Lipinski definition) is 0. The Bertz CT molecular complexity index is 233. The molecule has 0 amide bonds. The maximum Gasteiger partial charge on any atom is 0.0700 e. The van der Waals surface area contributed by atoms with E-state index in [0.717, 1.165) is 5.56 Å². The average molecular weight is 147 g/mol. The number of nitriles is 1. The van der Waals surface area contributed by atoms with Crippen molar-refractivity contribution < 1.29 is 0 Å². The molecule has 1 aromatic carbocycles. The van der Waals surface area contributed by atoms with E-state index >= 15 is 0 Å². The van der Waals surface area contributed by atoms with Crippen molar-refractivity contribution in [3.05, 3.63) is 35.9 Å². The Hall–Kier alpha value is -1.29. The van der Waals surface area contributed by atoms with Crippen LogP contribution in [0.2, 0.25) is 0 Å². The van der Waals surface area contributed by atoms with E-state index in [1.807, 2.05) is 37.3 Å². The van der Waals surface area contributed by atoms with Gasteiger partial charge in [-0.2, -0.15) is 5.26 Å². The SMILES string of the molecule is C.CC(C#N)c1ccccc1. The summed E-state index contributed by atoms with van der Waals surface area (Å²) in [6.45, 7) is 1.90. The van der Waals surface area contributed by atoms with Gasteiger partial charge in [0.05, 0.1) is 12.0 Å². The standard InChI is InChI=1S/C9H9N.CH4/c1-8(7-10)9-5-3-2-4-6-9;/h2-6,8H,1H3;1H4. The molecule has 0 aliphatic rings. The van der Waals surface area contributed by atoms with E-state index in [1.54, 1.807) is 0 Å². The summed E-state index contributed by atoms with van der Waals surface area (Å²) in [7, 11) is 0. The molecule has 58 valence electrons. The van der Waals surface area contributed by atoms with Crippen molar-refractivity contribution in [1.29, 1.82) is 5.26 Å². The zero-order chi connectivity index (χ0) is 7.40. The number of nitrogens with zero attached hydrogens (tertiary/aromatic N) is 1. The van der Waals surface area contributed by atoms with E-state index in [-0.39, 0.29) is 13.3 Å². The van der Waals surface area contributed by atoms with Crippen LogP contribution in [0.15, 0.2) is 30.3 Å². The predicted molar refractivity (Wildman–Crippen MR) is 47.2 cm³/mol. The second-order valence-electron chi connectivity index (χ2n) is 2.26. The molecule has 0 N–H and O–H groups in total. The third-order valence-corrected chi connectivity index (χ3v) is 1.49. The molecule has 0 aliphatic heterocycles. The van der Waals surface area contributed by atoms with Crippen LogP contribution in [0.5, 0.6) is 0 Å². The van der Waals surface area contributed by atoms with Gasteiger partial charge in [-0.1, -0.05) is 37.8 Å². The summed E-state index contributed by atoms with van der Waals surface area (Å²) in [5.74, 6) is 0.0150. The maximum absolute atomic E-state index is 8.54. The first-order valence-corrected chi connectivity index (χ1v) is 3.29. The summed E-state index contributed by atoms with van der Waals surface area (Å²) in [4.78, 5) is 0. The van der Waals surface area contributed by atoms with Crippen LogP contribution in [0.4, 0.5) is 0 Å². The lowest BCUT2D eigenvalue weighted by atomic mass is 10.0.